The first-order valence-corrected chi connectivity index (χ1v) is 10.1. The zero-order valence-corrected chi connectivity index (χ0v) is 17.1. The van der Waals surface area contributed by atoms with E-state index in [0.717, 1.165) is 11.1 Å². The lowest BCUT2D eigenvalue weighted by Gasteiger charge is -2.27. The summed E-state index contributed by atoms with van der Waals surface area (Å²) in [5, 5.41) is 10.7. The molecule has 2 aromatic rings. The summed E-state index contributed by atoms with van der Waals surface area (Å²) in [7, 11) is 0. The van der Waals surface area contributed by atoms with Gasteiger partial charge in [0.05, 0.1) is 18.1 Å². The number of aliphatic hydroxyl groups excluding tert-OH is 1. The van der Waals surface area contributed by atoms with Crippen LogP contribution in [0.25, 0.3) is 6.08 Å². The number of amides is 2. The van der Waals surface area contributed by atoms with Gasteiger partial charge in [0.25, 0.3) is 0 Å². The van der Waals surface area contributed by atoms with Gasteiger partial charge >= 0.3 is 6.09 Å². The van der Waals surface area contributed by atoms with Gasteiger partial charge in [0.15, 0.2) is 0 Å². The zero-order valence-electron chi connectivity index (χ0n) is 17.1. The molecule has 1 fully saturated rings. The van der Waals surface area contributed by atoms with Crippen molar-refractivity contribution in [3.8, 4) is 0 Å². The van der Waals surface area contributed by atoms with E-state index in [1.807, 2.05) is 60.7 Å². The average molecular weight is 405 g/mol. The fourth-order valence-electron chi connectivity index (χ4n) is 3.66. The van der Waals surface area contributed by atoms with E-state index >= 15 is 0 Å². The number of benzene rings is 2. The summed E-state index contributed by atoms with van der Waals surface area (Å²) in [6.07, 6.45) is 3.52. The van der Waals surface area contributed by atoms with Crippen LogP contribution >= 0.6 is 0 Å². The highest BCUT2D eigenvalue weighted by atomic mass is 16.6. The molecule has 0 radical (unpaired) electrons. The van der Waals surface area contributed by atoms with Gasteiger partial charge in [-0.2, -0.15) is 0 Å². The van der Waals surface area contributed by atoms with Crippen molar-refractivity contribution < 1.29 is 19.4 Å². The van der Waals surface area contributed by atoms with Crippen molar-refractivity contribution in [2.45, 2.75) is 38.0 Å². The Balaban J connectivity index is 1.80. The number of carbonyl (C=O) groups is 2. The average Bonchev–Trinajstić information content (AvgIpc) is 3.04. The van der Waals surface area contributed by atoms with Gasteiger partial charge in [-0.3, -0.25) is 4.79 Å². The highest BCUT2D eigenvalue weighted by molar-refractivity contribution is 5.95. The number of ether oxygens (including phenoxy) is 1. The second-order valence-corrected chi connectivity index (χ2v) is 7.45. The molecular formula is C25H27NO4. The predicted molar refractivity (Wildman–Crippen MR) is 117 cm³/mol. The first-order chi connectivity index (χ1) is 14.5. The van der Waals surface area contributed by atoms with E-state index in [-0.39, 0.29) is 6.42 Å². The van der Waals surface area contributed by atoms with E-state index in [9.17, 15) is 14.7 Å². The van der Waals surface area contributed by atoms with Gasteiger partial charge in [0.1, 0.15) is 6.10 Å². The number of hydrogen-bond donors (Lipinski definition) is 1. The summed E-state index contributed by atoms with van der Waals surface area (Å²) in [4.78, 5) is 27.0. The van der Waals surface area contributed by atoms with Crippen molar-refractivity contribution in [1.82, 2.24) is 4.90 Å². The molecule has 1 aliphatic rings. The van der Waals surface area contributed by atoms with Crippen LogP contribution in [-0.2, 0) is 16.0 Å². The van der Waals surface area contributed by atoms with Gasteiger partial charge in [-0.15, -0.1) is 6.58 Å². The van der Waals surface area contributed by atoms with Gasteiger partial charge in [0, 0.05) is 0 Å². The Bertz CT molecular complexity index is 894. The second-order valence-electron chi connectivity index (χ2n) is 7.45. The third-order valence-electron chi connectivity index (χ3n) is 5.32. The zero-order chi connectivity index (χ0) is 21.5. The number of allylic oxidation sites excluding steroid dienone is 1. The van der Waals surface area contributed by atoms with E-state index in [4.69, 9.17) is 4.74 Å². The number of aliphatic hydroxyl groups is 1. The first kappa shape index (κ1) is 21.5. The van der Waals surface area contributed by atoms with Gasteiger partial charge in [-0.25, -0.2) is 9.69 Å². The molecule has 4 atom stereocenters. The van der Waals surface area contributed by atoms with E-state index < -0.39 is 36.2 Å². The Kier molecular flexibility index (Phi) is 7.20. The van der Waals surface area contributed by atoms with Crippen LogP contribution in [-0.4, -0.2) is 40.3 Å². The Labute approximate surface area is 177 Å². The Hall–Kier alpha value is -3.18. The Morgan fingerprint density at radius 3 is 2.43 bits per heavy atom. The van der Waals surface area contributed by atoms with E-state index in [0.29, 0.717) is 6.42 Å². The van der Waals surface area contributed by atoms with Crippen molar-refractivity contribution in [1.29, 1.82) is 0 Å². The summed E-state index contributed by atoms with van der Waals surface area (Å²) < 4.78 is 5.36. The number of hydrogen-bond acceptors (Lipinski definition) is 4. The van der Waals surface area contributed by atoms with Crippen molar-refractivity contribution in [3.63, 3.8) is 0 Å². The van der Waals surface area contributed by atoms with Crippen molar-refractivity contribution >= 4 is 18.1 Å². The maximum atomic E-state index is 13.3. The lowest BCUT2D eigenvalue weighted by molar-refractivity contribution is -0.136. The highest BCUT2D eigenvalue weighted by Crippen LogP contribution is 2.27. The number of rotatable bonds is 8. The molecule has 0 aliphatic carbocycles. The minimum Gasteiger partial charge on any atom is -0.444 e. The minimum absolute atomic E-state index is 0.245. The van der Waals surface area contributed by atoms with Crippen LogP contribution in [0.15, 0.2) is 79.4 Å². The normalized spacial score (nSPS) is 20.7. The maximum absolute atomic E-state index is 13.3. The SMILES string of the molecule is C=CC[C@H](C(=O)N1C(=O)OC(C)[C@H]1Cc1ccccc1)[C@@H](O)/C=C/c1ccccc1. The highest BCUT2D eigenvalue weighted by Gasteiger charge is 2.45. The quantitative estimate of drug-likeness (QED) is 0.668. The van der Waals surface area contributed by atoms with Crippen LogP contribution in [0.2, 0.25) is 0 Å². The molecule has 2 aromatic carbocycles. The molecule has 1 unspecified atom stereocenters. The van der Waals surface area contributed by atoms with E-state index in [1.165, 1.54) is 4.90 Å². The lowest BCUT2D eigenvalue weighted by atomic mass is 9.94. The molecule has 1 aliphatic heterocycles. The Morgan fingerprint density at radius 1 is 1.17 bits per heavy atom. The maximum Gasteiger partial charge on any atom is 0.417 e. The third-order valence-corrected chi connectivity index (χ3v) is 5.32. The number of imide groups is 1. The third kappa shape index (κ3) is 5.05. The summed E-state index contributed by atoms with van der Waals surface area (Å²) in [6, 6.07) is 18.8. The Morgan fingerprint density at radius 2 is 1.80 bits per heavy atom. The monoisotopic (exact) mass is 405 g/mol. The molecule has 0 aromatic heterocycles. The van der Waals surface area contributed by atoms with Gasteiger partial charge in [0.2, 0.25) is 5.91 Å². The van der Waals surface area contributed by atoms with Crippen LogP contribution in [0.1, 0.15) is 24.5 Å². The van der Waals surface area contributed by atoms with Crippen molar-refractivity contribution in [2.24, 2.45) is 5.92 Å². The smallest absolute Gasteiger partial charge is 0.417 e. The van der Waals surface area contributed by atoms with E-state index in [2.05, 4.69) is 6.58 Å². The van der Waals surface area contributed by atoms with Crippen LogP contribution in [0.4, 0.5) is 4.79 Å². The molecule has 156 valence electrons. The molecule has 5 heteroatoms. The molecule has 0 spiro atoms. The fraction of sp³-hybridized carbons (Fsp3) is 0.280. The summed E-state index contributed by atoms with van der Waals surface area (Å²) in [5.74, 6) is -1.27. The molecule has 1 heterocycles. The molecule has 0 bridgehead atoms. The van der Waals surface area contributed by atoms with Gasteiger partial charge < -0.3 is 9.84 Å². The standard InChI is InChI=1S/C25H27NO4/c1-3-10-21(23(27)16-15-19-11-6-4-7-12-19)24(28)26-22(18(2)30-25(26)29)17-20-13-8-5-9-14-20/h3-9,11-16,18,21-23,27H,1,10,17H2,2H3/b16-15+/t18?,21-,22+,23-/m0/s1. The van der Waals surface area contributed by atoms with Crippen LogP contribution in [0, 0.1) is 5.92 Å². The topological polar surface area (TPSA) is 66.8 Å². The van der Waals surface area contributed by atoms with Crippen molar-refractivity contribution in [3.05, 3.63) is 90.5 Å². The van der Waals surface area contributed by atoms with Crippen LogP contribution in [0.3, 0.4) is 0 Å². The summed E-state index contributed by atoms with van der Waals surface area (Å²) >= 11 is 0. The summed E-state index contributed by atoms with van der Waals surface area (Å²) in [5.41, 5.74) is 1.92. The van der Waals surface area contributed by atoms with Crippen LogP contribution < -0.4 is 0 Å². The predicted octanol–water partition coefficient (Wildman–Crippen LogP) is 4.23. The molecule has 30 heavy (non-hydrogen) atoms. The summed E-state index contributed by atoms with van der Waals surface area (Å²) in [6.45, 7) is 5.49. The largest absolute Gasteiger partial charge is 0.444 e. The second kappa shape index (κ2) is 10.0. The van der Waals surface area contributed by atoms with E-state index in [1.54, 1.807) is 25.2 Å². The first-order valence-electron chi connectivity index (χ1n) is 10.1. The molecule has 1 saturated heterocycles. The van der Waals surface area contributed by atoms with Crippen molar-refractivity contribution in [2.75, 3.05) is 0 Å². The van der Waals surface area contributed by atoms with Gasteiger partial charge in [-0.05, 0) is 30.9 Å². The lowest BCUT2D eigenvalue weighted by Crippen LogP contribution is -2.47. The number of nitrogens with zero attached hydrogens (tertiary/aromatic N) is 1. The van der Waals surface area contributed by atoms with Gasteiger partial charge in [-0.1, -0.05) is 78.9 Å². The molecule has 5 nitrogen and oxygen atoms in total. The molecule has 3 rings (SSSR count). The molecular weight excluding hydrogens is 378 g/mol. The van der Waals surface area contributed by atoms with Crippen LogP contribution in [0.5, 0.6) is 0 Å². The number of cyclic esters (lactones) is 1. The molecule has 1 N–H and O–H groups in total. The molecule has 2 amide bonds. The molecule has 0 saturated carbocycles. The fourth-order valence-corrected chi connectivity index (χ4v) is 3.66. The minimum atomic E-state index is -1.06. The number of carbonyl (C=O) groups excluding carboxylic acids is 2.